The first kappa shape index (κ1) is 16.2. The van der Waals surface area contributed by atoms with Crippen molar-refractivity contribution in [2.45, 2.75) is 26.2 Å². The molecule has 0 fully saturated rings. The van der Waals surface area contributed by atoms with Gasteiger partial charge in [0, 0.05) is 20.4 Å². The average Bonchev–Trinajstić information content (AvgIpc) is 2.42. The summed E-state index contributed by atoms with van der Waals surface area (Å²) in [6, 6.07) is 7.63. The minimum atomic E-state index is -0.172. The summed E-state index contributed by atoms with van der Waals surface area (Å²) < 4.78 is 1.88. The van der Waals surface area contributed by atoms with Gasteiger partial charge in [-0.15, -0.1) is 0 Å². The summed E-state index contributed by atoms with van der Waals surface area (Å²) >= 11 is 7.04. The molecule has 2 rings (SSSR count). The molecule has 1 aromatic carbocycles. The second-order valence-electron chi connectivity index (χ2n) is 5.58. The van der Waals surface area contributed by atoms with E-state index in [1.54, 1.807) is 6.07 Å². The fraction of sp³-hybridized carbons (Fsp3) is 0.286. The molecule has 1 aromatic heterocycles. The van der Waals surface area contributed by atoms with Gasteiger partial charge in [0.05, 0.1) is 5.69 Å². The van der Waals surface area contributed by atoms with Crippen molar-refractivity contribution in [3.63, 3.8) is 0 Å². The van der Waals surface area contributed by atoms with Crippen molar-refractivity contribution < 1.29 is 0 Å². The number of nitrogens with two attached hydrogens (primary N) is 1. The molecule has 0 aliphatic rings. The molecule has 0 aliphatic heterocycles. The second kappa shape index (κ2) is 6.29. The highest BCUT2D eigenvalue weighted by atomic mass is 79.9. The van der Waals surface area contributed by atoms with Gasteiger partial charge >= 0.3 is 0 Å². The van der Waals surface area contributed by atoms with E-state index in [4.69, 9.17) is 5.84 Å². The lowest BCUT2D eigenvalue weighted by molar-refractivity contribution is 0.547. The lowest BCUT2D eigenvalue weighted by Crippen LogP contribution is -2.19. The molecule has 0 bridgehead atoms. The van der Waals surface area contributed by atoms with Crippen molar-refractivity contribution >= 4 is 49.2 Å². The van der Waals surface area contributed by atoms with Crippen LogP contribution >= 0.6 is 31.9 Å². The number of nitrogen functional groups attached to an aromatic ring is 1. The normalized spacial score (nSPS) is 11.3. The van der Waals surface area contributed by atoms with Crippen LogP contribution in [0, 0.1) is 0 Å². The van der Waals surface area contributed by atoms with Crippen LogP contribution in [0.15, 0.2) is 33.2 Å². The average molecular weight is 415 g/mol. The highest BCUT2D eigenvalue weighted by Crippen LogP contribution is 2.33. The smallest absolute Gasteiger partial charge is 0.145 e. The largest absolute Gasteiger partial charge is 0.338 e. The summed E-state index contributed by atoms with van der Waals surface area (Å²) in [6.07, 6.45) is 0. The van der Waals surface area contributed by atoms with Crippen molar-refractivity contribution in [3.8, 4) is 0 Å². The minimum absolute atomic E-state index is 0.172. The van der Waals surface area contributed by atoms with Crippen LogP contribution in [0.3, 0.4) is 0 Å². The Morgan fingerprint density at radius 2 is 1.62 bits per heavy atom. The molecule has 4 N–H and O–H groups in total. The van der Waals surface area contributed by atoms with Gasteiger partial charge in [-0.1, -0.05) is 26.8 Å². The van der Waals surface area contributed by atoms with Crippen LogP contribution in [0.25, 0.3) is 0 Å². The van der Waals surface area contributed by atoms with E-state index in [1.165, 1.54) is 0 Å². The first-order chi connectivity index (χ1) is 9.81. The topological polar surface area (TPSA) is 75.9 Å². The van der Waals surface area contributed by atoms with Crippen LogP contribution in [-0.4, -0.2) is 9.97 Å². The fourth-order valence-corrected chi connectivity index (χ4v) is 2.86. The Bertz CT molecular complexity index is 632. The van der Waals surface area contributed by atoms with E-state index in [0.717, 1.165) is 14.6 Å². The van der Waals surface area contributed by atoms with E-state index in [-0.39, 0.29) is 5.41 Å². The minimum Gasteiger partial charge on any atom is -0.338 e. The number of para-hydroxylation sites is 1. The molecule has 0 aliphatic carbocycles. The molecule has 2 aromatic rings. The summed E-state index contributed by atoms with van der Waals surface area (Å²) in [7, 11) is 0. The van der Waals surface area contributed by atoms with Gasteiger partial charge < -0.3 is 10.7 Å². The molecular formula is C14H17Br2N5. The predicted molar refractivity (Wildman–Crippen MR) is 93.7 cm³/mol. The zero-order valence-electron chi connectivity index (χ0n) is 12.0. The third-order valence-electron chi connectivity index (χ3n) is 2.76. The number of hydrazine groups is 1. The molecule has 0 saturated carbocycles. The lowest BCUT2D eigenvalue weighted by atomic mass is 9.96. The molecule has 7 heteroatoms. The molecule has 0 spiro atoms. The number of nitrogens with zero attached hydrogens (tertiary/aromatic N) is 2. The van der Waals surface area contributed by atoms with Gasteiger partial charge in [0.15, 0.2) is 0 Å². The van der Waals surface area contributed by atoms with E-state index in [1.807, 2.05) is 18.2 Å². The Hall–Kier alpha value is -1.18. The Kier molecular flexibility index (Phi) is 4.85. The summed E-state index contributed by atoms with van der Waals surface area (Å²) in [6.45, 7) is 6.17. The molecule has 1 heterocycles. The second-order valence-corrected chi connectivity index (χ2v) is 7.29. The molecular weight excluding hydrogens is 398 g/mol. The SMILES string of the molecule is CC(C)(C)c1nc(NN)cc(Nc2c(Br)cccc2Br)n1. The third kappa shape index (κ3) is 3.93. The van der Waals surface area contributed by atoms with Crippen molar-refractivity contribution in [2.75, 3.05) is 10.7 Å². The van der Waals surface area contributed by atoms with Crippen LogP contribution in [0.4, 0.5) is 17.3 Å². The van der Waals surface area contributed by atoms with E-state index in [2.05, 4.69) is 73.3 Å². The lowest BCUT2D eigenvalue weighted by Gasteiger charge is -2.19. The Labute approximate surface area is 141 Å². The van der Waals surface area contributed by atoms with Gasteiger partial charge in [-0.3, -0.25) is 0 Å². The number of hydrogen-bond acceptors (Lipinski definition) is 5. The van der Waals surface area contributed by atoms with Crippen LogP contribution in [0.5, 0.6) is 0 Å². The molecule has 112 valence electrons. The van der Waals surface area contributed by atoms with Crippen molar-refractivity contribution in [1.29, 1.82) is 0 Å². The van der Waals surface area contributed by atoms with E-state index >= 15 is 0 Å². The van der Waals surface area contributed by atoms with Crippen LogP contribution in [0.2, 0.25) is 0 Å². The van der Waals surface area contributed by atoms with Gasteiger partial charge in [0.2, 0.25) is 0 Å². The maximum absolute atomic E-state index is 5.50. The number of hydrogen-bond donors (Lipinski definition) is 3. The van der Waals surface area contributed by atoms with Crippen molar-refractivity contribution in [3.05, 3.63) is 39.0 Å². The molecule has 0 unspecified atom stereocenters. The monoisotopic (exact) mass is 413 g/mol. The Morgan fingerprint density at radius 1 is 1.05 bits per heavy atom. The first-order valence-electron chi connectivity index (χ1n) is 6.38. The van der Waals surface area contributed by atoms with E-state index < -0.39 is 0 Å². The summed E-state index contributed by atoms with van der Waals surface area (Å²) in [5.41, 5.74) is 3.31. The molecule has 0 atom stereocenters. The van der Waals surface area contributed by atoms with Crippen molar-refractivity contribution in [2.24, 2.45) is 5.84 Å². The summed E-state index contributed by atoms with van der Waals surface area (Å²) in [4.78, 5) is 8.97. The fourth-order valence-electron chi connectivity index (χ4n) is 1.67. The number of aromatic nitrogens is 2. The maximum atomic E-state index is 5.50. The van der Waals surface area contributed by atoms with E-state index in [9.17, 15) is 0 Å². The molecule has 21 heavy (non-hydrogen) atoms. The summed E-state index contributed by atoms with van der Waals surface area (Å²) in [5.74, 6) is 7.46. The Balaban J connectivity index is 2.45. The van der Waals surface area contributed by atoms with Gasteiger partial charge in [-0.2, -0.15) is 0 Å². The quantitative estimate of drug-likeness (QED) is 0.514. The van der Waals surface area contributed by atoms with Gasteiger partial charge in [-0.05, 0) is 44.0 Å². The number of halogens is 2. The molecule has 0 radical (unpaired) electrons. The Morgan fingerprint density at radius 3 is 2.14 bits per heavy atom. The number of rotatable bonds is 3. The van der Waals surface area contributed by atoms with Crippen molar-refractivity contribution in [1.82, 2.24) is 9.97 Å². The van der Waals surface area contributed by atoms with E-state index in [0.29, 0.717) is 17.5 Å². The summed E-state index contributed by atoms with van der Waals surface area (Å²) in [5, 5.41) is 3.29. The van der Waals surface area contributed by atoms with Gasteiger partial charge in [0.1, 0.15) is 17.5 Å². The van der Waals surface area contributed by atoms with Crippen LogP contribution < -0.4 is 16.6 Å². The van der Waals surface area contributed by atoms with Crippen LogP contribution in [-0.2, 0) is 5.41 Å². The van der Waals surface area contributed by atoms with Gasteiger partial charge in [0.25, 0.3) is 0 Å². The third-order valence-corrected chi connectivity index (χ3v) is 4.08. The molecule has 5 nitrogen and oxygen atoms in total. The zero-order valence-corrected chi connectivity index (χ0v) is 15.2. The first-order valence-corrected chi connectivity index (χ1v) is 7.97. The number of anilines is 3. The maximum Gasteiger partial charge on any atom is 0.145 e. The predicted octanol–water partition coefficient (Wildman–Crippen LogP) is 4.33. The highest BCUT2D eigenvalue weighted by molar-refractivity contribution is 9.11. The zero-order chi connectivity index (χ0) is 15.6. The number of benzene rings is 1. The number of nitrogens with one attached hydrogen (secondary N) is 2. The highest BCUT2D eigenvalue weighted by Gasteiger charge is 2.19. The standard InChI is InChI=1S/C14H17Br2N5/c1-14(2,3)13-19-10(7-11(20-13)21-17)18-12-8(15)5-4-6-9(12)16/h4-7H,17H2,1-3H3,(H2,18,19,20,21). The van der Waals surface area contributed by atoms with Gasteiger partial charge in [-0.25, -0.2) is 15.8 Å². The molecule has 0 saturated heterocycles. The molecule has 0 amide bonds. The van der Waals surface area contributed by atoms with Crippen LogP contribution in [0.1, 0.15) is 26.6 Å².